The molecule has 0 saturated heterocycles. The van der Waals surface area contributed by atoms with Crippen molar-refractivity contribution < 1.29 is 24.5 Å². The molecule has 2 atom stereocenters. The second kappa shape index (κ2) is 70.0. The second-order valence-corrected chi connectivity index (χ2v) is 24.6. The number of carbonyl (C=O) groups is 2. The number of amides is 1. The van der Waals surface area contributed by atoms with Crippen LogP contribution in [0.2, 0.25) is 0 Å². The standard InChI is InChI=1S/C75H139NO5/c1-3-5-7-9-11-13-15-17-19-21-32-35-39-43-47-51-55-59-63-67-73(78)72(71-77)76-74(79)68-64-60-56-52-48-44-40-36-33-30-28-26-24-23-25-27-29-31-34-38-42-46-50-54-58-62-66-70-81-75(80)69-65-61-57-53-49-45-41-37-22-20-18-16-14-12-10-8-6-4-2/h14,16,20,22-24,27,29,63,67,72-73,77-78H,3-13,15,17-19,21,25-26,28,30-62,64-66,68-71H2,1-2H3,(H,76,79)/b16-14-,22-20-,24-23-,29-27-,67-63+. The largest absolute Gasteiger partial charge is 0.466 e. The number of allylic oxidation sites excluding steroid dienone is 9. The maximum atomic E-state index is 12.5. The number of carbonyl (C=O) groups excluding carboxylic acids is 2. The number of aliphatic hydroxyl groups is 2. The Bertz CT molecular complexity index is 1400. The van der Waals surface area contributed by atoms with E-state index in [4.69, 9.17) is 4.74 Å². The van der Waals surface area contributed by atoms with Gasteiger partial charge < -0.3 is 20.3 Å². The molecule has 0 rings (SSSR count). The second-order valence-electron chi connectivity index (χ2n) is 24.6. The Kier molecular flexibility index (Phi) is 67.9. The van der Waals surface area contributed by atoms with Gasteiger partial charge in [0.2, 0.25) is 5.91 Å². The fourth-order valence-corrected chi connectivity index (χ4v) is 11.0. The first-order valence-electron chi connectivity index (χ1n) is 36.1. The van der Waals surface area contributed by atoms with E-state index in [2.05, 4.69) is 67.8 Å². The first-order chi connectivity index (χ1) is 40.0. The molecule has 0 aromatic rings. The number of nitrogens with one attached hydrogen (secondary N) is 1. The van der Waals surface area contributed by atoms with E-state index in [1.165, 1.54) is 295 Å². The van der Waals surface area contributed by atoms with Gasteiger partial charge in [-0.25, -0.2) is 0 Å². The van der Waals surface area contributed by atoms with Gasteiger partial charge in [0.15, 0.2) is 0 Å². The summed E-state index contributed by atoms with van der Waals surface area (Å²) in [5, 5.41) is 23.2. The smallest absolute Gasteiger partial charge is 0.305 e. The van der Waals surface area contributed by atoms with Crippen LogP contribution in [0.3, 0.4) is 0 Å². The van der Waals surface area contributed by atoms with Crippen molar-refractivity contribution in [3.63, 3.8) is 0 Å². The summed E-state index contributed by atoms with van der Waals surface area (Å²) >= 11 is 0. The van der Waals surface area contributed by atoms with Gasteiger partial charge in [-0.15, -0.1) is 0 Å². The van der Waals surface area contributed by atoms with Crippen LogP contribution >= 0.6 is 0 Å². The number of ether oxygens (including phenoxy) is 1. The highest BCUT2D eigenvalue weighted by Crippen LogP contribution is 2.18. The summed E-state index contributed by atoms with van der Waals surface area (Å²) in [7, 11) is 0. The highest BCUT2D eigenvalue weighted by molar-refractivity contribution is 5.76. The van der Waals surface area contributed by atoms with Crippen molar-refractivity contribution in [3.05, 3.63) is 60.8 Å². The molecular formula is C75H139NO5. The van der Waals surface area contributed by atoms with Gasteiger partial charge in [-0.1, -0.05) is 331 Å². The summed E-state index contributed by atoms with van der Waals surface area (Å²) in [6.07, 6.45) is 93.0. The van der Waals surface area contributed by atoms with Crippen LogP contribution in [0.1, 0.15) is 380 Å². The molecule has 0 spiro atoms. The van der Waals surface area contributed by atoms with E-state index < -0.39 is 12.1 Å². The maximum Gasteiger partial charge on any atom is 0.305 e. The molecule has 0 bridgehead atoms. The highest BCUT2D eigenvalue weighted by atomic mass is 16.5. The molecule has 6 heteroatoms. The molecule has 0 heterocycles. The van der Waals surface area contributed by atoms with Crippen LogP contribution in [-0.2, 0) is 14.3 Å². The lowest BCUT2D eigenvalue weighted by atomic mass is 10.0. The third kappa shape index (κ3) is 66.6. The van der Waals surface area contributed by atoms with E-state index >= 15 is 0 Å². The van der Waals surface area contributed by atoms with Gasteiger partial charge >= 0.3 is 5.97 Å². The van der Waals surface area contributed by atoms with E-state index in [-0.39, 0.29) is 18.5 Å². The number of esters is 1. The lowest BCUT2D eigenvalue weighted by molar-refractivity contribution is -0.143. The van der Waals surface area contributed by atoms with Crippen molar-refractivity contribution in [2.75, 3.05) is 13.2 Å². The van der Waals surface area contributed by atoms with E-state index in [1.807, 2.05) is 6.08 Å². The molecular weight excluding hydrogens is 995 g/mol. The average molecular weight is 1130 g/mol. The summed E-state index contributed by atoms with van der Waals surface area (Å²) in [5.41, 5.74) is 0. The molecule has 0 fully saturated rings. The number of hydrogen-bond donors (Lipinski definition) is 3. The Morgan fingerprint density at radius 2 is 0.617 bits per heavy atom. The monoisotopic (exact) mass is 1130 g/mol. The summed E-state index contributed by atoms with van der Waals surface area (Å²) in [6, 6.07) is -0.632. The molecule has 0 aromatic heterocycles. The number of aliphatic hydroxyl groups excluding tert-OH is 2. The molecule has 0 saturated carbocycles. The van der Waals surface area contributed by atoms with Crippen molar-refractivity contribution in [1.29, 1.82) is 0 Å². The van der Waals surface area contributed by atoms with Crippen LogP contribution in [0.15, 0.2) is 60.8 Å². The molecule has 0 aromatic carbocycles. The minimum Gasteiger partial charge on any atom is -0.466 e. The van der Waals surface area contributed by atoms with Crippen LogP contribution < -0.4 is 5.32 Å². The fraction of sp³-hybridized carbons (Fsp3) is 0.840. The third-order valence-corrected chi connectivity index (χ3v) is 16.5. The number of hydrogen-bond acceptors (Lipinski definition) is 5. The Labute approximate surface area is 505 Å². The van der Waals surface area contributed by atoms with Gasteiger partial charge in [0, 0.05) is 12.8 Å². The van der Waals surface area contributed by atoms with Gasteiger partial charge in [0.25, 0.3) is 0 Å². The van der Waals surface area contributed by atoms with Crippen LogP contribution in [0.25, 0.3) is 0 Å². The van der Waals surface area contributed by atoms with Crippen molar-refractivity contribution in [1.82, 2.24) is 5.32 Å². The Morgan fingerprint density at radius 3 is 0.951 bits per heavy atom. The van der Waals surface area contributed by atoms with Crippen molar-refractivity contribution in [2.24, 2.45) is 0 Å². The van der Waals surface area contributed by atoms with Gasteiger partial charge in [0.05, 0.1) is 25.4 Å². The fourth-order valence-electron chi connectivity index (χ4n) is 11.0. The van der Waals surface area contributed by atoms with Crippen LogP contribution in [0.4, 0.5) is 0 Å². The quantitative estimate of drug-likeness (QED) is 0.0320. The molecule has 474 valence electrons. The average Bonchev–Trinajstić information content (AvgIpc) is 3.47. The zero-order valence-electron chi connectivity index (χ0n) is 54.3. The zero-order valence-corrected chi connectivity index (χ0v) is 54.3. The summed E-state index contributed by atoms with van der Waals surface area (Å²) < 4.78 is 5.50. The summed E-state index contributed by atoms with van der Waals surface area (Å²) in [5.74, 6) is -0.0660. The Balaban J connectivity index is 3.44. The van der Waals surface area contributed by atoms with Crippen molar-refractivity contribution in [3.8, 4) is 0 Å². The molecule has 0 aliphatic carbocycles. The number of unbranched alkanes of at least 4 members (excludes halogenated alkanes) is 48. The molecule has 0 radical (unpaired) electrons. The molecule has 81 heavy (non-hydrogen) atoms. The van der Waals surface area contributed by atoms with Gasteiger partial charge in [-0.05, 0) is 96.3 Å². The van der Waals surface area contributed by atoms with Crippen LogP contribution in [-0.4, -0.2) is 47.4 Å². The van der Waals surface area contributed by atoms with E-state index in [0.717, 1.165) is 57.8 Å². The molecule has 1 amide bonds. The predicted molar refractivity (Wildman–Crippen MR) is 356 cm³/mol. The van der Waals surface area contributed by atoms with E-state index in [0.29, 0.717) is 19.4 Å². The molecule has 0 aliphatic rings. The van der Waals surface area contributed by atoms with Crippen molar-refractivity contribution >= 4 is 11.9 Å². The Hall–Kier alpha value is -2.44. The normalized spacial score (nSPS) is 12.9. The highest BCUT2D eigenvalue weighted by Gasteiger charge is 2.18. The molecule has 0 aliphatic heterocycles. The molecule has 3 N–H and O–H groups in total. The van der Waals surface area contributed by atoms with Crippen LogP contribution in [0.5, 0.6) is 0 Å². The lowest BCUT2D eigenvalue weighted by Crippen LogP contribution is -2.45. The van der Waals surface area contributed by atoms with Gasteiger partial charge in [-0.3, -0.25) is 9.59 Å². The van der Waals surface area contributed by atoms with E-state index in [1.54, 1.807) is 6.08 Å². The number of rotatable bonds is 67. The first-order valence-corrected chi connectivity index (χ1v) is 36.1. The zero-order chi connectivity index (χ0) is 58.5. The minimum absolute atomic E-state index is 0.00289. The third-order valence-electron chi connectivity index (χ3n) is 16.5. The molecule has 2 unspecified atom stereocenters. The van der Waals surface area contributed by atoms with E-state index in [9.17, 15) is 19.8 Å². The lowest BCUT2D eigenvalue weighted by Gasteiger charge is -2.20. The van der Waals surface area contributed by atoms with Crippen LogP contribution in [0, 0.1) is 0 Å². The van der Waals surface area contributed by atoms with Gasteiger partial charge in [0.1, 0.15) is 0 Å². The first kappa shape index (κ1) is 78.6. The topological polar surface area (TPSA) is 95.9 Å². The predicted octanol–water partition coefficient (Wildman–Crippen LogP) is 23.4. The van der Waals surface area contributed by atoms with Gasteiger partial charge in [-0.2, -0.15) is 0 Å². The van der Waals surface area contributed by atoms with Crippen molar-refractivity contribution in [2.45, 2.75) is 392 Å². The molecule has 6 nitrogen and oxygen atoms in total. The SMILES string of the molecule is CCCCCC/C=C\C/C=C\CCCCCCCCCC(=O)OCCCCCCCCCCC/C=C\C/C=C\CCCCCCCCCCCCCC(=O)NC(CO)C(O)/C=C/CCCCCCCCCCCCCCCCCCC. The summed E-state index contributed by atoms with van der Waals surface area (Å²) in [4.78, 5) is 24.6. The summed E-state index contributed by atoms with van der Waals surface area (Å²) in [6.45, 7) is 4.90. The Morgan fingerprint density at radius 1 is 0.346 bits per heavy atom. The maximum absolute atomic E-state index is 12.5. The minimum atomic E-state index is -0.849.